The summed E-state index contributed by atoms with van der Waals surface area (Å²) < 4.78 is 17.4. The largest absolute Gasteiger partial charge is 0.496 e. The first-order valence-electron chi connectivity index (χ1n) is 12.3. The van der Waals surface area contributed by atoms with E-state index in [9.17, 15) is 4.79 Å². The van der Waals surface area contributed by atoms with E-state index in [1.54, 1.807) is 19.4 Å². The third-order valence-corrected chi connectivity index (χ3v) is 6.87. The summed E-state index contributed by atoms with van der Waals surface area (Å²) in [7, 11) is 1.67. The lowest BCUT2D eigenvalue weighted by Gasteiger charge is -2.34. The van der Waals surface area contributed by atoms with Crippen molar-refractivity contribution in [3.63, 3.8) is 0 Å². The fourth-order valence-electron chi connectivity index (χ4n) is 5.05. The zero-order valence-electron chi connectivity index (χ0n) is 20.9. The summed E-state index contributed by atoms with van der Waals surface area (Å²) in [6.07, 6.45) is 7.92. The molecule has 1 aliphatic rings. The zero-order chi connectivity index (χ0) is 24.2. The fourth-order valence-corrected chi connectivity index (χ4v) is 5.05. The first-order valence-corrected chi connectivity index (χ1v) is 12.3. The molecule has 2 heterocycles. The molecule has 1 aliphatic heterocycles. The van der Waals surface area contributed by atoms with Crippen molar-refractivity contribution in [1.29, 1.82) is 0 Å². The van der Waals surface area contributed by atoms with Crippen LogP contribution < -0.4 is 9.47 Å². The Bertz CT molecular complexity index is 1190. The Hall–Kier alpha value is -3.21. The number of nitrogens with zero attached hydrogens (tertiary/aromatic N) is 1. The van der Waals surface area contributed by atoms with E-state index in [2.05, 4.69) is 13.0 Å². The summed E-state index contributed by atoms with van der Waals surface area (Å²) in [5, 5.41) is 1.00. The lowest BCUT2D eigenvalue weighted by Crippen LogP contribution is -2.42. The van der Waals surface area contributed by atoms with Gasteiger partial charge in [-0.2, -0.15) is 0 Å². The Balaban J connectivity index is 1.75. The molecule has 1 fully saturated rings. The number of piperidine rings is 1. The quantitative estimate of drug-likeness (QED) is 0.355. The van der Waals surface area contributed by atoms with Crippen molar-refractivity contribution in [2.24, 2.45) is 0 Å². The molecular formula is C29H35NO4. The topological polar surface area (TPSA) is 51.9 Å². The number of likely N-dealkylation sites (tertiary alicyclic amines) is 1. The van der Waals surface area contributed by atoms with Crippen LogP contribution in [0, 0.1) is 6.92 Å². The summed E-state index contributed by atoms with van der Waals surface area (Å²) in [4.78, 5) is 15.2. The van der Waals surface area contributed by atoms with Gasteiger partial charge in [0.15, 0.2) is 0 Å². The van der Waals surface area contributed by atoms with Crippen molar-refractivity contribution in [1.82, 2.24) is 4.90 Å². The first-order chi connectivity index (χ1) is 16.5. The summed E-state index contributed by atoms with van der Waals surface area (Å²) in [6, 6.07) is 10.5. The number of aryl methyl sites for hydroxylation is 1. The van der Waals surface area contributed by atoms with Crippen LogP contribution in [0.25, 0.3) is 27.7 Å². The van der Waals surface area contributed by atoms with Gasteiger partial charge in [0.05, 0.1) is 20.0 Å². The number of methoxy groups -OCH3 is 1. The van der Waals surface area contributed by atoms with Crippen molar-refractivity contribution in [3.05, 3.63) is 53.8 Å². The van der Waals surface area contributed by atoms with Crippen molar-refractivity contribution in [2.45, 2.75) is 59.4 Å². The van der Waals surface area contributed by atoms with E-state index in [0.717, 1.165) is 76.1 Å². The van der Waals surface area contributed by atoms with Crippen LogP contribution >= 0.6 is 0 Å². The maximum atomic E-state index is 13.2. The number of carbonyl (C=O) groups excluding carboxylic acids is 1. The molecule has 180 valence electrons. The molecule has 3 aromatic rings. The maximum Gasteiger partial charge on any atom is 0.247 e. The number of furan rings is 1. The summed E-state index contributed by atoms with van der Waals surface area (Å²) in [5.74, 6) is 1.67. The molecule has 0 saturated carbocycles. The third-order valence-electron chi connectivity index (χ3n) is 6.87. The molecular weight excluding hydrogens is 426 g/mol. The van der Waals surface area contributed by atoms with Crippen LogP contribution in [0.2, 0.25) is 0 Å². The van der Waals surface area contributed by atoms with Crippen LogP contribution in [0.5, 0.6) is 11.5 Å². The van der Waals surface area contributed by atoms with Crippen LogP contribution in [0.4, 0.5) is 0 Å². The van der Waals surface area contributed by atoms with E-state index in [-0.39, 0.29) is 5.91 Å². The van der Waals surface area contributed by atoms with Crippen LogP contribution in [0.3, 0.4) is 0 Å². The molecule has 1 unspecified atom stereocenters. The zero-order valence-corrected chi connectivity index (χ0v) is 20.9. The minimum absolute atomic E-state index is 0.0859. The van der Waals surface area contributed by atoms with Gasteiger partial charge < -0.3 is 18.8 Å². The number of benzene rings is 2. The van der Waals surface area contributed by atoms with Crippen molar-refractivity contribution < 1.29 is 18.7 Å². The number of fused-ring (bicyclic) bond motifs is 1. The normalized spacial score (nSPS) is 16.7. The van der Waals surface area contributed by atoms with Gasteiger partial charge in [-0.25, -0.2) is 0 Å². The minimum atomic E-state index is 0.0859. The highest BCUT2D eigenvalue weighted by Gasteiger charge is 2.25. The molecule has 0 radical (unpaired) electrons. The predicted molar refractivity (Wildman–Crippen MR) is 137 cm³/mol. The second kappa shape index (κ2) is 10.4. The van der Waals surface area contributed by atoms with Crippen molar-refractivity contribution in [2.75, 3.05) is 20.3 Å². The Morgan fingerprint density at radius 2 is 1.97 bits per heavy atom. The number of amides is 1. The highest BCUT2D eigenvalue weighted by molar-refractivity contribution is 6.01. The van der Waals surface area contributed by atoms with Gasteiger partial charge >= 0.3 is 0 Å². The third kappa shape index (κ3) is 4.56. The number of rotatable bonds is 7. The molecule has 0 aliphatic carbocycles. The van der Waals surface area contributed by atoms with Gasteiger partial charge in [0.25, 0.3) is 0 Å². The second-order valence-electron chi connectivity index (χ2n) is 8.98. The Kier molecular flexibility index (Phi) is 7.30. The van der Waals surface area contributed by atoms with Gasteiger partial charge in [0.2, 0.25) is 5.91 Å². The average Bonchev–Trinajstić information content (AvgIpc) is 3.29. The molecule has 1 saturated heterocycles. The van der Waals surface area contributed by atoms with Crippen LogP contribution in [-0.2, 0) is 4.79 Å². The standard InChI is InChI=1S/C29H35NO4/c1-6-22-10-8-9-15-30(22)27(31)16-19(3)24-17-25-26(18-34-29(25)20(4)28(24)32-5)21-11-13-23(14-12-21)33-7-2/h11-14,16-18,22H,6-10,15H2,1-5H3/b19-16+. The van der Waals surface area contributed by atoms with Crippen LogP contribution in [0.15, 0.2) is 47.1 Å². The highest BCUT2D eigenvalue weighted by Crippen LogP contribution is 2.41. The van der Waals surface area contributed by atoms with Gasteiger partial charge in [-0.1, -0.05) is 19.1 Å². The number of carbonyl (C=O) groups is 1. The first kappa shape index (κ1) is 23.9. The van der Waals surface area contributed by atoms with Gasteiger partial charge in [-0.3, -0.25) is 4.79 Å². The number of ether oxygens (including phenoxy) is 2. The molecule has 1 amide bonds. The molecule has 5 heteroatoms. The monoisotopic (exact) mass is 461 g/mol. The molecule has 1 atom stereocenters. The smallest absolute Gasteiger partial charge is 0.247 e. The Morgan fingerprint density at radius 1 is 1.21 bits per heavy atom. The Morgan fingerprint density at radius 3 is 2.65 bits per heavy atom. The summed E-state index contributed by atoms with van der Waals surface area (Å²) >= 11 is 0. The van der Waals surface area contributed by atoms with Gasteiger partial charge in [0, 0.05) is 40.7 Å². The van der Waals surface area contributed by atoms with E-state index in [1.165, 1.54) is 6.42 Å². The minimum Gasteiger partial charge on any atom is -0.496 e. The van der Waals surface area contributed by atoms with Crippen LogP contribution in [-0.4, -0.2) is 37.1 Å². The summed E-state index contributed by atoms with van der Waals surface area (Å²) in [5.41, 5.74) is 5.59. The highest BCUT2D eigenvalue weighted by atomic mass is 16.5. The lowest BCUT2D eigenvalue weighted by molar-refractivity contribution is -0.129. The number of allylic oxidation sites excluding steroid dienone is 1. The maximum absolute atomic E-state index is 13.2. The van der Waals surface area contributed by atoms with Crippen LogP contribution in [0.1, 0.15) is 57.6 Å². The van der Waals surface area contributed by atoms with E-state index in [4.69, 9.17) is 13.9 Å². The molecule has 0 bridgehead atoms. The van der Waals surface area contributed by atoms with E-state index < -0.39 is 0 Å². The fraction of sp³-hybridized carbons (Fsp3) is 0.414. The van der Waals surface area contributed by atoms with Gasteiger partial charge in [-0.15, -0.1) is 0 Å². The van der Waals surface area contributed by atoms with E-state index >= 15 is 0 Å². The molecule has 5 nitrogen and oxygen atoms in total. The van der Waals surface area contributed by atoms with Gasteiger partial charge in [-0.05, 0) is 75.8 Å². The Labute approximate surface area is 202 Å². The number of hydrogen-bond donors (Lipinski definition) is 0. The SMILES string of the molecule is CCOc1ccc(-c2coc3c(C)c(OC)c(/C(C)=C/C(=O)N4CCCCC4CC)cc23)cc1. The van der Waals surface area contributed by atoms with E-state index in [1.807, 2.05) is 49.9 Å². The lowest BCUT2D eigenvalue weighted by atomic mass is 9.95. The average molecular weight is 462 g/mol. The molecule has 2 aromatic carbocycles. The van der Waals surface area contributed by atoms with E-state index in [0.29, 0.717) is 12.6 Å². The second-order valence-corrected chi connectivity index (χ2v) is 8.98. The van der Waals surface area contributed by atoms with Gasteiger partial charge in [0.1, 0.15) is 17.1 Å². The molecule has 0 N–H and O–H groups in total. The predicted octanol–water partition coefficient (Wildman–Crippen LogP) is 7.01. The van der Waals surface area contributed by atoms with Crippen molar-refractivity contribution in [3.8, 4) is 22.6 Å². The molecule has 0 spiro atoms. The summed E-state index contributed by atoms with van der Waals surface area (Å²) in [6.45, 7) is 9.60. The molecule has 1 aromatic heterocycles. The molecule has 34 heavy (non-hydrogen) atoms. The number of hydrogen-bond acceptors (Lipinski definition) is 4. The van der Waals surface area contributed by atoms with Crippen molar-refractivity contribution >= 4 is 22.4 Å². The molecule has 4 rings (SSSR count).